The molecule has 94 valence electrons. The first-order chi connectivity index (χ1) is 7.57. The Labute approximate surface area is 89.6 Å². The van der Waals surface area contributed by atoms with Gasteiger partial charge in [-0.3, -0.25) is 0 Å². The standard InChI is InChI=1S/C7H3F6N3O/c8-6(9,10)3(7(11,12)13)5-16-2(1-14)4(15)17-5/h3H,15H2. The zero-order valence-electron chi connectivity index (χ0n) is 7.73. The highest BCUT2D eigenvalue weighted by molar-refractivity contribution is 5.41. The van der Waals surface area contributed by atoms with Gasteiger partial charge < -0.3 is 10.2 Å². The number of nitriles is 1. The minimum absolute atomic E-state index is 0.821. The summed E-state index contributed by atoms with van der Waals surface area (Å²) < 4.78 is 77.2. The van der Waals surface area contributed by atoms with Gasteiger partial charge in [-0.1, -0.05) is 0 Å². The summed E-state index contributed by atoms with van der Waals surface area (Å²) in [6.07, 6.45) is -11.3. The van der Waals surface area contributed by atoms with E-state index >= 15 is 0 Å². The van der Waals surface area contributed by atoms with Crippen molar-refractivity contribution in [1.82, 2.24) is 4.98 Å². The number of oxazole rings is 1. The molecule has 1 aromatic rings. The molecule has 0 aromatic carbocycles. The molecule has 17 heavy (non-hydrogen) atoms. The van der Waals surface area contributed by atoms with E-state index in [4.69, 9.17) is 11.0 Å². The lowest BCUT2D eigenvalue weighted by Crippen LogP contribution is -2.34. The Morgan fingerprint density at radius 1 is 1.18 bits per heavy atom. The van der Waals surface area contributed by atoms with Crippen LogP contribution >= 0.6 is 0 Å². The largest absolute Gasteiger partial charge is 0.423 e. The fraction of sp³-hybridized carbons (Fsp3) is 0.429. The molecule has 0 unspecified atom stereocenters. The number of nitrogen functional groups attached to an aromatic ring is 1. The molecule has 4 nitrogen and oxygen atoms in total. The van der Waals surface area contributed by atoms with Crippen LogP contribution in [0.1, 0.15) is 17.5 Å². The number of nitrogens with two attached hydrogens (primary N) is 1. The molecule has 1 aromatic heterocycles. The number of hydrogen-bond donors (Lipinski definition) is 1. The first kappa shape index (κ1) is 13.1. The zero-order valence-corrected chi connectivity index (χ0v) is 7.73. The highest BCUT2D eigenvalue weighted by Gasteiger charge is 2.60. The molecule has 0 amide bonds. The van der Waals surface area contributed by atoms with E-state index in [1.807, 2.05) is 0 Å². The molecule has 10 heteroatoms. The lowest BCUT2D eigenvalue weighted by molar-refractivity contribution is -0.258. The van der Waals surface area contributed by atoms with Gasteiger partial charge in [0.25, 0.3) is 0 Å². The normalized spacial score (nSPS) is 12.8. The lowest BCUT2D eigenvalue weighted by Gasteiger charge is -2.19. The molecule has 0 saturated carbocycles. The monoisotopic (exact) mass is 259 g/mol. The summed E-state index contributed by atoms with van der Waals surface area (Å²) >= 11 is 0. The highest BCUT2D eigenvalue weighted by Crippen LogP contribution is 2.46. The topological polar surface area (TPSA) is 75.8 Å². The third-order valence-electron chi connectivity index (χ3n) is 1.68. The van der Waals surface area contributed by atoms with Gasteiger partial charge in [-0.05, 0) is 0 Å². The minimum Gasteiger partial charge on any atom is -0.423 e. The van der Waals surface area contributed by atoms with Gasteiger partial charge in [0.05, 0.1) is 0 Å². The molecule has 0 radical (unpaired) electrons. The van der Waals surface area contributed by atoms with Gasteiger partial charge in [0.15, 0.2) is 0 Å². The average Bonchev–Trinajstić information content (AvgIpc) is 2.40. The van der Waals surface area contributed by atoms with E-state index in [2.05, 4.69) is 9.40 Å². The molecule has 0 aliphatic heterocycles. The van der Waals surface area contributed by atoms with E-state index in [1.165, 1.54) is 6.07 Å². The quantitative estimate of drug-likeness (QED) is 0.785. The van der Waals surface area contributed by atoms with Crippen LogP contribution in [0.5, 0.6) is 0 Å². The van der Waals surface area contributed by atoms with E-state index in [0.29, 0.717) is 0 Å². The molecule has 0 atom stereocenters. The van der Waals surface area contributed by atoms with Gasteiger partial charge in [0.1, 0.15) is 6.07 Å². The molecule has 0 fully saturated rings. The fourth-order valence-corrected chi connectivity index (χ4v) is 1.02. The Morgan fingerprint density at radius 3 is 1.94 bits per heavy atom. The van der Waals surface area contributed by atoms with Crippen molar-refractivity contribution in [3.05, 3.63) is 11.6 Å². The molecule has 0 aliphatic carbocycles. The summed E-state index contributed by atoms with van der Waals surface area (Å²) in [5.41, 5.74) is 4.07. The van der Waals surface area contributed by atoms with E-state index in [0.717, 1.165) is 0 Å². The predicted octanol–water partition coefficient (Wildman–Crippen LogP) is 2.34. The van der Waals surface area contributed by atoms with Gasteiger partial charge in [-0.15, -0.1) is 0 Å². The Kier molecular flexibility index (Phi) is 2.96. The van der Waals surface area contributed by atoms with Gasteiger partial charge in [-0.25, -0.2) is 0 Å². The van der Waals surface area contributed by atoms with E-state index in [1.54, 1.807) is 0 Å². The molecule has 2 N–H and O–H groups in total. The molecule has 0 aliphatic rings. The number of hydrogen-bond acceptors (Lipinski definition) is 4. The van der Waals surface area contributed by atoms with Crippen molar-refractivity contribution in [2.45, 2.75) is 18.3 Å². The van der Waals surface area contributed by atoms with Crippen LogP contribution in [-0.4, -0.2) is 17.3 Å². The van der Waals surface area contributed by atoms with E-state index in [-0.39, 0.29) is 0 Å². The van der Waals surface area contributed by atoms with Crippen molar-refractivity contribution >= 4 is 5.88 Å². The van der Waals surface area contributed by atoms with Crippen molar-refractivity contribution in [2.75, 3.05) is 5.73 Å². The maximum absolute atomic E-state index is 12.2. The van der Waals surface area contributed by atoms with Gasteiger partial charge >= 0.3 is 12.4 Å². The number of aromatic nitrogens is 1. The first-order valence-corrected chi connectivity index (χ1v) is 3.87. The van der Waals surface area contributed by atoms with Crippen LogP contribution in [0.2, 0.25) is 0 Å². The van der Waals surface area contributed by atoms with Crippen LogP contribution in [0, 0.1) is 11.3 Å². The summed E-state index contributed by atoms with van der Waals surface area (Å²) in [5, 5.41) is 8.30. The molecule has 0 spiro atoms. The van der Waals surface area contributed by atoms with Crippen LogP contribution in [-0.2, 0) is 0 Å². The van der Waals surface area contributed by atoms with Gasteiger partial charge in [-0.2, -0.15) is 36.6 Å². The van der Waals surface area contributed by atoms with Gasteiger partial charge in [0.2, 0.25) is 23.4 Å². The van der Waals surface area contributed by atoms with Crippen LogP contribution in [0.3, 0.4) is 0 Å². The van der Waals surface area contributed by atoms with E-state index < -0.39 is 35.7 Å². The van der Waals surface area contributed by atoms with Crippen molar-refractivity contribution in [1.29, 1.82) is 5.26 Å². The van der Waals surface area contributed by atoms with Crippen molar-refractivity contribution in [3.8, 4) is 6.07 Å². The summed E-state index contributed by atoms with van der Waals surface area (Å²) in [7, 11) is 0. The number of nitrogens with zero attached hydrogens (tertiary/aromatic N) is 2. The van der Waals surface area contributed by atoms with E-state index in [9.17, 15) is 26.3 Å². The fourth-order valence-electron chi connectivity index (χ4n) is 1.02. The Bertz CT molecular complexity index is 440. The molecule has 0 saturated heterocycles. The molecule has 1 heterocycles. The third-order valence-corrected chi connectivity index (χ3v) is 1.68. The SMILES string of the molecule is N#Cc1nc(C(C(F)(F)F)C(F)(F)F)oc1N. The average molecular weight is 259 g/mol. The second-order valence-corrected chi connectivity index (χ2v) is 2.89. The second kappa shape index (κ2) is 3.83. The van der Waals surface area contributed by atoms with Crippen LogP contribution in [0.15, 0.2) is 4.42 Å². The number of alkyl halides is 6. The Morgan fingerprint density at radius 2 is 1.65 bits per heavy atom. The molecular weight excluding hydrogens is 256 g/mol. The smallest absolute Gasteiger partial charge is 0.409 e. The molecular formula is C7H3F6N3O. The predicted molar refractivity (Wildman–Crippen MR) is 40.5 cm³/mol. The maximum Gasteiger partial charge on any atom is 0.409 e. The van der Waals surface area contributed by atoms with Crippen LogP contribution in [0.25, 0.3) is 0 Å². The summed E-state index contributed by atoms with van der Waals surface area (Å²) in [6.45, 7) is 0. The summed E-state index contributed by atoms with van der Waals surface area (Å²) in [6, 6.07) is 1.21. The first-order valence-electron chi connectivity index (χ1n) is 3.87. The van der Waals surface area contributed by atoms with Crippen LogP contribution < -0.4 is 5.73 Å². The zero-order chi connectivity index (χ0) is 13.4. The molecule has 1 rings (SSSR count). The van der Waals surface area contributed by atoms with Crippen molar-refractivity contribution in [2.24, 2.45) is 0 Å². The summed E-state index contributed by atoms with van der Waals surface area (Å²) in [4.78, 5) is 2.77. The lowest BCUT2D eigenvalue weighted by atomic mass is 10.1. The molecule has 0 bridgehead atoms. The van der Waals surface area contributed by atoms with Crippen molar-refractivity contribution in [3.63, 3.8) is 0 Å². The number of halogens is 6. The minimum atomic E-state index is -5.64. The Hall–Kier alpha value is -1.92. The second-order valence-electron chi connectivity index (χ2n) is 2.89. The Balaban J connectivity index is 3.30. The van der Waals surface area contributed by atoms with Crippen molar-refractivity contribution < 1.29 is 30.8 Å². The van der Waals surface area contributed by atoms with Crippen LogP contribution in [0.4, 0.5) is 32.2 Å². The number of anilines is 1. The summed E-state index contributed by atoms with van der Waals surface area (Å²) in [5.74, 6) is -6.49. The maximum atomic E-state index is 12.2. The van der Waals surface area contributed by atoms with Gasteiger partial charge in [0, 0.05) is 0 Å². The third kappa shape index (κ3) is 2.61. The highest BCUT2D eigenvalue weighted by atomic mass is 19.4. The number of rotatable bonds is 1.